The summed E-state index contributed by atoms with van der Waals surface area (Å²) in [5.41, 5.74) is 0.699. The molecule has 2 aromatic carbocycles. The summed E-state index contributed by atoms with van der Waals surface area (Å²) in [6, 6.07) is 12.1. The molecule has 1 N–H and O–H groups in total. The third kappa shape index (κ3) is 5.01. The van der Waals surface area contributed by atoms with Crippen molar-refractivity contribution in [1.29, 1.82) is 0 Å². The van der Waals surface area contributed by atoms with E-state index in [0.29, 0.717) is 30.8 Å². The Hall–Kier alpha value is -1.85. The molecule has 3 rings (SSSR count). The molecule has 0 aliphatic carbocycles. The highest BCUT2D eigenvalue weighted by Crippen LogP contribution is 2.32. The minimum Gasteiger partial charge on any atom is -0.497 e. The van der Waals surface area contributed by atoms with E-state index in [1.807, 2.05) is 24.3 Å². The number of nitrogens with zero attached hydrogens (tertiary/aromatic N) is 1. The van der Waals surface area contributed by atoms with Crippen molar-refractivity contribution in [3.63, 3.8) is 0 Å². The van der Waals surface area contributed by atoms with Gasteiger partial charge in [0.1, 0.15) is 16.4 Å². The SMILES string of the molecule is COc1ccc(OC)c(S(=O)(=O)N2CCC[C@H](C(=O)Nc3ccc(I)cc3)C2)c1. The monoisotopic (exact) mass is 530 g/mol. The lowest BCUT2D eigenvalue weighted by Crippen LogP contribution is -2.43. The van der Waals surface area contributed by atoms with Crippen molar-refractivity contribution >= 4 is 44.2 Å². The minimum absolute atomic E-state index is 0.0399. The number of carbonyl (C=O) groups excluding carboxylic acids is 1. The number of hydrogen-bond acceptors (Lipinski definition) is 5. The smallest absolute Gasteiger partial charge is 0.246 e. The summed E-state index contributed by atoms with van der Waals surface area (Å²) in [5, 5.41) is 2.88. The summed E-state index contributed by atoms with van der Waals surface area (Å²) < 4.78 is 39.4. The first kappa shape index (κ1) is 21.8. The quantitative estimate of drug-likeness (QED) is 0.580. The maximum atomic E-state index is 13.3. The first-order chi connectivity index (χ1) is 13.8. The highest BCUT2D eigenvalue weighted by Gasteiger charge is 2.35. The molecule has 29 heavy (non-hydrogen) atoms. The fourth-order valence-corrected chi connectivity index (χ4v) is 5.33. The number of amides is 1. The molecule has 1 aliphatic rings. The lowest BCUT2D eigenvalue weighted by atomic mass is 9.99. The molecule has 2 aromatic rings. The molecular weight excluding hydrogens is 507 g/mol. The van der Waals surface area contributed by atoms with Crippen molar-refractivity contribution in [2.45, 2.75) is 17.7 Å². The first-order valence-corrected chi connectivity index (χ1v) is 11.7. The molecule has 0 spiro atoms. The van der Waals surface area contributed by atoms with E-state index in [-0.39, 0.29) is 23.1 Å². The van der Waals surface area contributed by atoms with Gasteiger partial charge in [-0.25, -0.2) is 8.42 Å². The molecule has 0 bridgehead atoms. The molecule has 1 fully saturated rings. The van der Waals surface area contributed by atoms with Gasteiger partial charge in [-0.3, -0.25) is 4.79 Å². The van der Waals surface area contributed by atoms with Gasteiger partial charge in [-0.2, -0.15) is 4.31 Å². The van der Waals surface area contributed by atoms with Crippen molar-refractivity contribution in [1.82, 2.24) is 4.31 Å². The lowest BCUT2D eigenvalue weighted by molar-refractivity contribution is -0.120. The second-order valence-corrected chi connectivity index (χ2v) is 9.87. The summed E-state index contributed by atoms with van der Waals surface area (Å²) in [7, 11) is -0.934. The molecule has 9 heteroatoms. The van der Waals surface area contributed by atoms with E-state index < -0.39 is 15.9 Å². The maximum absolute atomic E-state index is 13.3. The highest BCUT2D eigenvalue weighted by atomic mass is 127. The van der Waals surface area contributed by atoms with E-state index in [4.69, 9.17) is 9.47 Å². The van der Waals surface area contributed by atoms with Crippen molar-refractivity contribution in [3.05, 3.63) is 46.0 Å². The minimum atomic E-state index is -3.83. The molecule has 156 valence electrons. The van der Waals surface area contributed by atoms with E-state index in [0.717, 1.165) is 3.57 Å². The van der Waals surface area contributed by atoms with Crippen LogP contribution in [0.15, 0.2) is 47.4 Å². The number of sulfonamides is 1. The van der Waals surface area contributed by atoms with E-state index in [1.165, 1.54) is 24.6 Å². The molecule has 1 aliphatic heterocycles. The number of carbonyl (C=O) groups is 1. The molecule has 0 radical (unpaired) electrons. The Morgan fingerprint density at radius 2 is 1.86 bits per heavy atom. The number of ether oxygens (including phenoxy) is 2. The van der Waals surface area contributed by atoms with Crippen LogP contribution in [0.1, 0.15) is 12.8 Å². The molecule has 7 nitrogen and oxygen atoms in total. The van der Waals surface area contributed by atoms with Crippen LogP contribution in [0.5, 0.6) is 11.5 Å². The van der Waals surface area contributed by atoms with Crippen LogP contribution < -0.4 is 14.8 Å². The number of piperidine rings is 1. The molecule has 1 atom stereocenters. The number of benzene rings is 2. The Kier molecular flexibility index (Phi) is 7.01. The summed E-state index contributed by atoms with van der Waals surface area (Å²) in [6.07, 6.45) is 1.24. The summed E-state index contributed by atoms with van der Waals surface area (Å²) >= 11 is 2.20. The van der Waals surface area contributed by atoms with Crippen molar-refractivity contribution in [3.8, 4) is 11.5 Å². The van der Waals surface area contributed by atoms with Gasteiger partial charge < -0.3 is 14.8 Å². The van der Waals surface area contributed by atoms with Gasteiger partial charge in [0.2, 0.25) is 15.9 Å². The van der Waals surface area contributed by atoms with Crippen LogP contribution in [0.4, 0.5) is 5.69 Å². The average molecular weight is 530 g/mol. The molecule has 0 saturated carbocycles. The van der Waals surface area contributed by atoms with Gasteiger partial charge in [-0.1, -0.05) is 0 Å². The largest absolute Gasteiger partial charge is 0.497 e. The number of anilines is 1. The van der Waals surface area contributed by atoms with E-state index in [1.54, 1.807) is 12.1 Å². The predicted octanol–water partition coefficient (Wildman–Crippen LogP) is 3.35. The molecular formula is C20H23IN2O5S. The molecule has 0 unspecified atom stereocenters. The topological polar surface area (TPSA) is 84.9 Å². The summed E-state index contributed by atoms with van der Waals surface area (Å²) in [6.45, 7) is 0.481. The van der Waals surface area contributed by atoms with Gasteiger partial charge >= 0.3 is 0 Å². The Bertz CT molecular complexity index is 979. The predicted molar refractivity (Wildman–Crippen MR) is 119 cm³/mol. The van der Waals surface area contributed by atoms with Crippen molar-refractivity contribution < 1.29 is 22.7 Å². The molecule has 1 amide bonds. The van der Waals surface area contributed by atoms with E-state index in [9.17, 15) is 13.2 Å². The number of nitrogens with one attached hydrogen (secondary N) is 1. The van der Waals surface area contributed by atoms with Gasteiger partial charge in [0.25, 0.3) is 0 Å². The Morgan fingerprint density at radius 3 is 2.52 bits per heavy atom. The number of methoxy groups -OCH3 is 2. The molecule has 1 saturated heterocycles. The number of halogens is 1. The molecule has 0 aromatic heterocycles. The zero-order valence-electron chi connectivity index (χ0n) is 16.2. The van der Waals surface area contributed by atoms with Crippen LogP contribution >= 0.6 is 22.6 Å². The van der Waals surface area contributed by atoms with Gasteiger partial charge in [0.05, 0.1) is 20.1 Å². The Labute approximate surface area is 184 Å². The van der Waals surface area contributed by atoms with Gasteiger partial charge in [0.15, 0.2) is 0 Å². The van der Waals surface area contributed by atoms with Gasteiger partial charge in [-0.15, -0.1) is 0 Å². The zero-order chi connectivity index (χ0) is 21.0. The third-order valence-electron chi connectivity index (χ3n) is 4.86. The van der Waals surface area contributed by atoms with Crippen LogP contribution in [-0.4, -0.2) is 45.9 Å². The first-order valence-electron chi connectivity index (χ1n) is 9.13. The number of hydrogen-bond donors (Lipinski definition) is 1. The average Bonchev–Trinajstić information content (AvgIpc) is 2.74. The van der Waals surface area contributed by atoms with Crippen LogP contribution in [0.3, 0.4) is 0 Å². The Balaban J connectivity index is 1.79. The van der Waals surface area contributed by atoms with Crippen LogP contribution in [0, 0.1) is 9.49 Å². The normalized spacial score (nSPS) is 17.6. The van der Waals surface area contributed by atoms with Crippen molar-refractivity contribution in [2.24, 2.45) is 5.92 Å². The second kappa shape index (κ2) is 9.31. The van der Waals surface area contributed by atoms with Gasteiger partial charge in [-0.05, 0) is 71.8 Å². The maximum Gasteiger partial charge on any atom is 0.246 e. The zero-order valence-corrected chi connectivity index (χ0v) is 19.2. The molecule has 1 heterocycles. The van der Waals surface area contributed by atoms with Crippen LogP contribution in [0.2, 0.25) is 0 Å². The second-order valence-electron chi connectivity index (χ2n) is 6.72. The summed E-state index contributed by atoms with van der Waals surface area (Å²) in [5.74, 6) is 0.0729. The standard InChI is InChI=1S/C20H23IN2O5S/c1-27-17-9-10-18(28-2)19(12-17)29(25,26)23-11-3-4-14(13-23)20(24)22-16-7-5-15(21)6-8-16/h5-10,12,14H,3-4,11,13H2,1-2H3,(H,22,24)/t14-/m0/s1. The number of rotatable bonds is 6. The third-order valence-corrected chi connectivity index (χ3v) is 7.46. The fraction of sp³-hybridized carbons (Fsp3) is 0.350. The van der Waals surface area contributed by atoms with E-state index in [2.05, 4.69) is 27.9 Å². The van der Waals surface area contributed by atoms with Crippen molar-refractivity contribution in [2.75, 3.05) is 32.6 Å². The van der Waals surface area contributed by atoms with Crippen LogP contribution in [-0.2, 0) is 14.8 Å². The highest BCUT2D eigenvalue weighted by molar-refractivity contribution is 14.1. The fourth-order valence-electron chi connectivity index (χ4n) is 3.28. The summed E-state index contributed by atoms with van der Waals surface area (Å²) in [4.78, 5) is 12.7. The van der Waals surface area contributed by atoms with E-state index >= 15 is 0 Å². The Morgan fingerprint density at radius 1 is 1.14 bits per heavy atom. The lowest BCUT2D eigenvalue weighted by Gasteiger charge is -2.31. The van der Waals surface area contributed by atoms with Gasteiger partial charge in [0, 0.05) is 28.4 Å². The van der Waals surface area contributed by atoms with Crippen LogP contribution in [0.25, 0.3) is 0 Å².